The molecule has 0 aliphatic rings. The summed E-state index contributed by atoms with van der Waals surface area (Å²) in [5.74, 6) is -0.724. The van der Waals surface area contributed by atoms with Gasteiger partial charge in [0.1, 0.15) is 11.9 Å². The summed E-state index contributed by atoms with van der Waals surface area (Å²) in [6.07, 6.45) is 1.82. The number of amides is 1. The van der Waals surface area contributed by atoms with Crippen LogP contribution in [0.4, 0.5) is 10.1 Å². The predicted octanol–water partition coefficient (Wildman–Crippen LogP) is 3.13. The number of hydrogen-bond acceptors (Lipinski definition) is 3. The van der Waals surface area contributed by atoms with Crippen LogP contribution in [-0.2, 0) is 4.79 Å². The van der Waals surface area contributed by atoms with E-state index in [1.807, 2.05) is 6.92 Å². The van der Waals surface area contributed by atoms with Gasteiger partial charge in [0, 0.05) is 5.69 Å². The lowest BCUT2D eigenvalue weighted by Crippen LogP contribution is -2.33. The minimum Gasteiger partial charge on any atom is -0.324 e. The maximum absolute atomic E-state index is 12.9. The first-order chi connectivity index (χ1) is 11.6. The molecule has 0 aliphatic carbocycles. The molecule has 0 unspecified atom stereocenters. The van der Waals surface area contributed by atoms with E-state index in [0.29, 0.717) is 23.0 Å². The lowest BCUT2D eigenvalue weighted by atomic mass is 10.1. The van der Waals surface area contributed by atoms with Gasteiger partial charge in [-0.05, 0) is 42.8 Å². The van der Waals surface area contributed by atoms with E-state index in [2.05, 4.69) is 10.3 Å². The van der Waals surface area contributed by atoms with Crippen LogP contribution in [0.2, 0.25) is 0 Å². The zero-order chi connectivity index (χ0) is 17.1. The Kier molecular flexibility index (Phi) is 4.37. The molecule has 2 aromatic carbocycles. The molecule has 1 heterocycles. The summed E-state index contributed by atoms with van der Waals surface area (Å²) in [5.41, 5.74) is 0.802. The summed E-state index contributed by atoms with van der Waals surface area (Å²) >= 11 is 0. The number of halogens is 1. The van der Waals surface area contributed by atoms with E-state index in [1.54, 1.807) is 24.3 Å². The van der Waals surface area contributed by atoms with Crippen molar-refractivity contribution in [1.29, 1.82) is 0 Å². The van der Waals surface area contributed by atoms with Gasteiger partial charge in [-0.3, -0.25) is 14.2 Å². The molecule has 1 amide bonds. The fraction of sp³-hybridized carbons (Fsp3) is 0.167. The molecule has 1 aromatic heterocycles. The number of fused-ring (bicyclic) bond motifs is 1. The number of carbonyl (C=O) groups excluding carboxylic acids is 1. The summed E-state index contributed by atoms with van der Waals surface area (Å²) in [6, 6.07) is 11.8. The van der Waals surface area contributed by atoms with Crippen molar-refractivity contribution in [1.82, 2.24) is 9.55 Å². The third kappa shape index (κ3) is 3.03. The molecule has 0 spiro atoms. The van der Waals surface area contributed by atoms with Crippen LogP contribution < -0.4 is 10.9 Å². The van der Waals surface area contributed by atoms with Crippen LogP contribution >= 0.6 is 0 Å². The molecule has 5 nitrogen and oxygen atoms in total. The number of nitrogens with zero attached hydrogens (tertiary/aromatic N) is 2. The van der Waals surface area contributed by atoms with Gasteiger partial charge in [-0.2, -0.15) is 0 Å². The first-order valence-electron chi connectivity index (χ1n) is 7.62. The van der Waals surface area contributed by atoms with E-state index in [-0.39, 0.29) is 17.3 Å². The molecular weight excluding hydrogens is 309 g/mol. The molecule has 0 aliphatic heterocycles. The van der Waals surface area contributed by atoms with Gasteiger partial charge in [-0.25, -0.2) is 9.37 Å². The number of aromatic nitrogens is 2. The Morgan fingerprint density at radius 3 is 2.62 bits per heavy atom. The van der Waals surface area contributed by atoms with Gasteiger partial charge >= 0.3 is 0 Å². The second-order valence-electron chi connectivity index (χ2n) is 5.39. The van der Waals surface area contributed by atoms with Gasteiger partial charge in [0.2, 0.25) is 5.91 Å². The van der Waals surface area contributed by atoms with E-state index in [9.17, 15) is 14.0 Å². The molecule has 0 radical (unpaired) electrons. The standard InChI is InChI=1S/C18H16FN3O2/c1-2-16(17(23)21-13-9-7-12(19)8-10-13)22-11-20-15-6-4-3-5-14(15)18(22)24/h3-11,16H,2H2,1H3,(H,21,23)/t16-/m0/s1. The zero-order valence-corrected chi connectivity index (χ0v) is 13.1. The van der Waals surface area contributed by atoms with Crippen molar-refractivity contribution in [2.75, 3.05) is 5.32 Å². The number of carbonyl (C=O) groups is 1. The minimum absolute atomic E-state index is 0.262. The fourth-order valence-corrected chi connectivity index (χ4v) is 2.57. The Labute approximate surface area is 137 Å². The molecular formula is C18H16FN3O2. The van der Waals surface area contributed by atoms with Crippen molar-refractivity contribution >= 4 is 22.5 Å². The largest absolute Gasteiger partial charge is 0.324 e. The molecule has 24 heavy (non-hydrogen) atoms. The highest BCUT2D eigenvalue weighted by atomic mass is 19.1. The molecule has 1 atom stereocenters. The number of rotatable bonds is 4. The Balaban J connectivity index is 1.93. The maximum Gasteiger partial charge on any atom is 0.261 e. The number of para-hydroxylation sites is 1. The third-order valence-corrected chi connectivity index (χ3v) is 3.83. The topological polar surface area (TPSA) is 64.0 Å². The average Bonchev–Trinajstić information content (AvgIpc) is 2.60. The first kappa shape index (κ1) is 15.9. The van der Waals surface area contributed by atoms with E-state index < -0.39 is 6.04 Å². The molecule has 1 N–H and O–H groups in total. The smallest absolute Gasteiger partial charge is 0.261 e. The minimum atomic E-state index is -0.695. The molecule has 6 heteroatoms. The third-order valence-electron chi connectivity index (χ3n) is 3.83. The average molecular weight is 325 g/mol. The summed E-state index contributed by atoms with van der Waals surface area (Å²) in [4.78, 5) is 29.4. The van der Waals surface area contributed by atoms with Crippen molar-refractivity contribution in [3.05, 3.63) is 71.0 Å². The number of anilines is 1. The predicted molar refractivity (Wildman–Crippen MR) is 90.4 cm³/mol. The number of hydrogen-bond donors (Lipinski definition) is 1. The molecule has 122 valence electrons. The summed E-state index contributed by atoms with van der Waals surface area (Å²) in [6.45, 7) is 1.82. The molecule has 0 saturated carbocycles. The number of benzene rings is 2. The van der Waals surface area contributed by atoms with Gasteiger partial charge in [0.25, 0.3) is 5.56 Å². The second-order valence-corrected chi connectivity index (χ2v) is 5.39. The summed E-state index contributed by atoms with van der Waals surface area (Å²) in [7, 11) is 0. The lowest BCUT2D eigenvalue weighted by Gasteiger charge is -2.18. The van der Waals surface area contributed by atoms with Crippen molar-refractivity contribution in [3.8, 4) is 0 Å². The highest BCUT2D eigenvalue weighted by Gasteiger charge is 2.20. The van der Waals surface area contributed by atoms with Crippen LogP contribution in [0.15, 0.2) is 59.7 Å². The maximum atomic E-state index is 12.9. The van der Waals surface area contributed by atoms with Crippen LogP contribution in [0, 0.1) is 5.82 Å². The molecule has 0 saturated heterocycles. The molecule has 0 bridgehead atoms. The lowest BCUT2D eigenvalue weighted by molar-refractivity contribution is -0.119. The van der Waals surface area contributed by atoms with E-state index in [4.69, 9.17) is 0 Å². The van der Waals surface area contributed by atoms with Crippen LogP contribution in [-0.4, -0.2) is 15.5 Å². The molecule has 3 aromatic rings. The van der Waals surface area contributed by atoms with Crippen LogP contribution in [0.3, 0.4) is 0 Å². The second kappa shape index (κ2) is 6.62. The summed E-state index contributed by atoms with van der Waals surface area (Å²) < 4.78 is 14.3. The van der Waals surface area contributed by atoms with E-state index in [0.717, 1.165) is 0 Å². The Bertz CT molecular complexity index is 935. The van der Waals surface area contributed by atoms with Gasteiger partial charge < -0.3 is 5.32 Å². The Morgan fingerprint density at radius 2 is 1.92 bits per heavy atom. The summed E-state index contributed by atoms with van der Waals surface area (Å²) in [5, 5.41) is 3.17. The highest BCUT2D eigenvalue weighted by Crippen LogP contribution is 2.15. The van der Waals surface area contributed by atoms with Crippen molar-refractivity contribution in [2.24, 2.45) is 0 Å². The van der Waals surface area contributed by atoms with Crippen molar-refractivity contribution in [3.63, 3.8) is 0 Å². The SMILES string of the molecule is CC[C@@H](C(=O)Nc1ccc(F)cc1)n1cnc2ccccc2c1=O. The molecule has 3 rings (SSSR count). The first-order valence-corrected chi connectivity index (χ1v) is 7.62. The number of nitrogens with one attached hydrogen (secondary N) is 1. The monoisotopic (exact) mass is 325 g/mol. The van der Waals surface area contributed by atoms with Crippen molar-refractivity contribution in [2.45, 2.75) is 19.4 Å². The van der Waals surface area contributed by atoms with Gasteiger partial charge in [0.05, 0.1) is 17.2 Å². The van der Waals surface area contributed by atoms with Crippen LogP contribution in [0.25, 0.3) is 10.9 Å². The van der Waals surface area contributed by atoms with Crippen LogP contribution in [0.1, 0.15) is 19.4 Å². The van der Waals surface area contributed by atoms with Gasteiger partial charge in [-0.1, -0.05) is 19.1 Å². The molecule has 0 fully saturated rings. The van der Waals surface area contributed by atoms with Gasteiger partial charge in [0.15, 0.2) is 0 Å². The van der Waals surface area contributed by atoms with E-state index >= 15 is 0 Å². The Morgan fingerprint density at radius 1 is 1.21 bits per heavy atom. The Hall–Kier alpha value is -3.02. The van der Waals surface area contributed by atoms with E-state index in [1.165, 1.54) is 35.2 Å². The van der Waals surface area contributed by atoms with Crippen molar-refractivity contribution < 1.29 is 9.18 Å². The van der Waals surface area contributed by atoms with Crippen LogP contribution in [0.5, 0.6) is 0 Å². The van der Waals surface area contributed by atoms with Gasteiger partial charge in [-0.15, -0.1) is 0 Å². The quantitative estimate of drug-likeness (QED) is 0.801. The zero-order valence-electron chi connectivity index (χ0n) is 13.1. The fourth-order valence-electron chi connectivity index (χ4n) is 2.57. The normalized spacial score (nSPS) is 12.1. The highest BCUT2D eigenvalue weighted by molar-refractivity contribution is 5.93.